The SMILES string of the molecule is Cc1nnc(-n2cc(N)c(C(N)=O)n2)s1. The van der Waals surface area contributed by atoms with Crippen molar-refractivity contribution in [2.45, 2.75) is 6.92 Å². The van der Waals surface area contributed by atoms with Crippen molar-refractivity contribution in [2.75, 3.05) is 5.73 Å². The number of hydrogen-bond donors (Lipinski definition) is 2. The van der Waals surface area contributed by atoms with E-state index >= 15 is 0 Å². The third-order valence-electron chi connectivity index (χ3n) is 1.69. The highest BCUT2D eigenvalue weighted by Crippen LogP contribution is 2.16. The van der Waals surface area contributed by atoms with E-state index in [-0.39, 0.29) is 11.4 Å². The molecule has 0 spiro atoms. The summed E-state index contributed by atoms with van der Waals surface area (Å²) in [6.07, 6.45) is 1.49. The predicted molar refractivity (Wildman–Crippen MR) is 54.7 cm³/mol. The van der Waals surface area contributed by atoms with Crippen molar-refractivity contribution in [3.63, 3.8) is 0 Å². The van der Waals surface area contributed by atoms with Gasteiger partial charge in [-0.25, -0.2) is 4.68 Å². The van der Waals surface area contributed by atoms with Crippen molar-refractivity contribution < 1.29 is 4.79 Å². The molecule has 2 heterocycles. The molecule has 0 radical (unpaired) electrons. The molecule has 4 N–H and O–H groups in total. The Balaban J connectivity index is 2.46. The topological polar surface area (TPSA) is 113 Å². The zero-order chi connectivity index (χ0) is 11.0. The number of carbonyl (C=O) groups excluding carboxylic acids is 1. The van der Waals surface area contributed by atoms with Gasteiger partial charge in [0.2, 0.25) is 5.13 Å². The molecule has 2 aromatic rings. The summed E-state index contributed by atoms with van der Waals surface area (Å²) in [5.41, 5.74) is 10.9. The fourth-order valence-electron chi connectivity index (χ4n) is 1.06. The number of anilines is 1. The molecule has 0 bridgehead atoms. The van der Waals surface area contributed by atoms with Crippen LogP contribution < -0.4 is 11.5 Å². The molecule has 0 unspecified atom stereocenters. The highest BCUT2D eigenvalue weighted by Gasteiger charge is 2.13. The van der Waals surface area contributed by atoms with Gasteiger partial charge in [-0.2, -0.15) is 5.10 Å². The molecule has 15 heavy (non-hydrogen) atoms. The lowest BCUT2D eigenvalue weighted by Gasteiger charge is -1.90. The van der Waals surface area contributed by atoms with Gasteiger partial charge >= 0.3 is 0 Å². The van der Waals surface area contributed by atoms with Gasteiger partial charge in [0, 0.05) is 0 Å². The first kappa shape index (κ1) is 9.59. The summed E-state index contributed by atoms with van der Waals surface area (Å²) >= 11 is 1.35. The summed E-state index contributed by atoms with van der Waals surface area (Å²) in [7, 11) is 0. The van der Waals surface area contributed by atoms with Crippen LogP contribution >= 0.6 is 11.3 Å². The molecule has 0 fully saturated rings. The number of nitrogens with two attached hydrogens (primary N) is 2. The number of primary amides is 1. The normalized spacial score (nSPS) is 10.5. The molecule has 1 amide bonds. The van der Waals surface area contributed by atoms with Gasteiger partial charge in [-0.05, 0) is 6.92 Å². The van der Waals surface area contributed by atoms with Crippen LogP contribution in [0.1, 0.15) is 15.5 Å². The van der Waals surface area contributed by atoms with Gasteiger partial charge in [0.15, 0.2) is 5.69 Å². The molecule has 0 aliphatic carbocycles. The van der Waals surface area contributed by atoms with Crippen molar-refractivity contribution >= 4 is 22.9 Å². The zero-order valence-electron chi connectivity index (χ0n) is 7.84. The summed E-state index contributed by atoms with van der Waals surface area (Å²) in [5.74, 6) is -0.660. The van der Waals surface area contributed by atoms with E-state index in [1.165, 1.54) is 22.2 Å². The van der Waals surface area contributed by atoms with E-state index in [2.05, 4.69) is 15.3 Å². The van der Waals surface area contributed by atoms with Crippen molar-refractivity contribution in [1.29, 1.82) is 0 Å². The Kier molecular flexibility index (Phi) is 2.12. The summed E-state index contributed by atoms with van der Waals surface area (Å²) in [5, 5.41) is 13.0. The monoisotopic (exact) mass is 224 g/mol. The van der Waals surface area contributed by atoms with Gasteiger partial charge < -0.3 is 11.5 Å². The second-order valence-corrected chi connectivity index (χ2v) is 4.01. The average molecular weight is 224 g/mol. The van der Waals surface area contributed by atoms with Crippen LogP contribution in [0.4, 0.5) is 5.69 Å². The third-order valence-corrected chi connectivity index (χ3v) is 2.52. The van der Waals surface area contributed by atoms with E-state index in [0.717, 1.165) is 5.01 Å². The van der Waals surface area contributed by atoms with E-state index in [0.29, 0.717) is 5.13 Å². The second kappa shape index (κ2) is 3.31. The number of hydrogen-bond acceptors (Lipinski definition) is 6. The van der Waals surface area contributed by atoms with E-state index in [1.807, 2.05) is 6.92 Å². The Morgan fingerprint density at radius 2 is 2.27 bits per heavy atom. The summed E-state index contributed by atoms with van der Waals surface area (Å²) < 4.78 is 1.39. The fourth-order valence-corrected chi connectivity index (χ4v) is 1.67. The number of nitrogen functional groups attached to an aromatic ring is 1. The first-order valence-corrected chi connectivity index (χ1v) is 4.85. The molecule has 8 heteroatoms. The van der Waals surface area contributed by atoms with Crippen molar-refractivity contribution in [3.8, 4) is 5.13 Å². The minimum atomic E-state index is -0.660. The van der Waals surface area contributed by atoms with E-state index < -0.39 is 5.91 Å². The molecule has 0 aliphatic heterocycles. The Bertz CT molecular complexity index is 515. The molecule has 2 rings (SSSR count). The summed E-state index contributed by atoms with van der Waals surface area (Å²) in [4.78, 5) is 10.9. The van der Waals surface area contributed by atoms with Crippen LogP contribution in [-0.2, 0) is 0 Å². The van der Waals surface area contributed by atoms with Gasteiger partial charge in [-0.1, -0.05) is 11.3 Å². The number of amides is 1. The molecule has 2 aromatic heterocycles. The van der Waals surface area contributed by atoms with Crippen LogP contribution in [0.2, 0.25) is 0 Å². The largest absolute Gasteiger partial charge is 0.396 e. The molecule has 0 saturated carbocycles. The van der Waals surface area contributed by atoms with Crippen molar-refractivity contribution in [3.05, 3.63) is 16.9 Å². The Labute approximate surface area is 88.7 Å². The predicted octanol–water partition coefficient (Wildman–Crippen LogP) is -0.287. The highest BCUT2D eigenvalue weighted by molar-refractivity contribution is 7.13. The maximum Gasteiger partial charge on any atom is 0.271 e. The Hall–Kier alpha value is -1.96. The van der Waals surface area contributed by atoms with Crippen LogP contribution in [0.5, 0.6) is 0 Å². The Morgan fingerprint density at radius 1 is 1.53 bits per heavy atom. The van der Waals surface area contributed by atoms with Gasteiger partial charge in [0.05, 0.1) is 11.9 Å². The molecular formula is C7H8N6OS. The molecule has 78 valence electrons. The summed E-state index contributed by atoms with van der Waals surface area (Å²) in [6, 6.07) is 0. The number of aryl methyl sites for hydroxylation is 1. The van der Waals surface area contributed by atoms with Gasteiger partial charge in [0.25, 0.3) is 5.91 Å². The average Bonchev–Trinajstić information content (AvgIpc) is 2.71. The lowest BCUT2D eigenvalue weighted by Crippen LogP contribution is -2.13. The van der Waals surface area contributed by atoms with Crippen molar-refractivity contribution in [2.24, 2.45) is 5.73 Å². The minimum Gasteiger partial charge on any atom is -0.396 e. The van der Waals surface area contributed by atoms with Gasteiger partial charge in [0.1, 0.15) is 5.01 Å². The smallest absolute Gasteiger partial charge is 0.271 e. The first-order chi connectivity index (χ1) is 7.08. The Morgan fingerprint density at radius 3 is 2.73 bits per heavy atom. The number of carbonyl (C=O) groups is 1. The molecule has 0 aliphatic rings. The molecule has 0 aromatic carbocycles. The van der Waals surface area contributed by atoms with E-state index in [1.54, 1.807) is 0 Å². The molecule has 0 saturated heterocycles. The fraction of sp³-hybridized carbons (Fsp3) is 0.143. The van der Waals surface area contributed by atoms with Gasteiger partial charge in [-0.15, -0.1) is 10.2 Å². The van der Waals surface area contributed by atoms with Gasteiger partial charge in [-0.3, -0.25) is 4.79 Å². The van der Waals surface area contributed by atoms with Crippen LogP contribution in [0.3, 0.4) is 0 Å². The zero-order valence-corrected chi connectivity index (χ0v) is 8.65. The standard InChI is InChI=1S/C7H8N6OS/c1-3-10-11-7(15-3)13-2-4(8)5(12-13)6(9)14/h2H,8H2,1H3,(H2,9,14). The quantitative estimate of drug-likeness (QED) is 0.728. The third kappa shape index (κ3) is 1.66. The second-order valence-electron chi connectivity index (χ2n) is 2.85. The van der Waals surface area contributed by atoms with E-state index in [4.69, 9.17) is 11.5 Å². The summed E-state index contributed by atoms with van der Waals surface area (Å²) in [6.45, 7) is 1.82. The van der Waals surface area contributed by atoms with E-state index in [9.17, 15) is 4.79 Å². The maximum absolute atomic E-state index is 10.9. The van der Waals surface area contributed by atoms with Crippen LogP contribution in [0.15, 0.2) is 6.20 Å². The lowest BCUT2D eigenvalue weighted by molar-refractivity contribution is 0.0996. The van der Waals surface area contributed by atoms with Crippen LogP contribution in [-0.4, -0.2) is 25.9 Å². The van der Waals surface area contributed by atoms with Crippen molar-refractivity contribution in [1.82, 2.24) is 20.0 Å². The number of rotatable bonds is 2. The number of aromatic nitrogens is 4. The molecular weight excluding hydrogens is 216 g/mol. The highest BCUT2D eigenvalue weighted by atomic mass is 32.1. The number of nitrogens with zero attached hydrogens (tertiary/aromatic N) is 4. The minimum absolute atomic E-state index is 0.0443. The molecule has 0 atom stereocenters. The van der Waals surface area contributed by atoms with Crippen LogP contribution in [0, 0.1) is 6.92 Å². The molecule has 7 nitrogen and oxygen atoms in total. The maximum atomic E-state index is 10.9. The lowest BCUT2D eigenvalue weighted by atomic mass is 10.4. The first-order valence-electron chi connectivity index (χ1n) is 4.03. The van der Waals surface area contributed by atoms with Crippen LogP contribution in [0.25, 0.3) is 5.13 Å².